The van der Waals surface area contributed by atoms with Crippen molar-refractivity contribution in [3.05, 3.63) is 65.5 Å². The van der Waals surface area contributed by atoms with Crippen LogP contribution in [0.5, 0.6) is 0 Å². The number of hydrogen-bond acceptors (Lipinski definition) is 3. The average molecular weight is 342 g/mol. The van der Waals surface area contributed by atoms with E-state index in [9.17, 15) is 9.18 Å². The Bertz CT molecular complexity index is 775. The molecular formula is C19H19FN2OS. The Balaban J connectivity index is 1.83. The highest BCUT2D eigenvalue weighted by Gasteiger charge is 2.24. The van der Waals surface area contributed by atoms with Gasteiger partial charge in [-0.05, 0) is 36.6 Å². The van der Waals surface area contributed by atoms with Gasteiger partial charge in [-0.15, -0.1) is 0 Å². The minimum Gasteiger partial charge on any atom is -0.291 e. The van der Waals surface area contributed by atoms with E-state index in [0.717, 1.165) is 23.4 Å². The van der Waals surface area contributed by atoms with Gasteiger partial charge in [-0.3, -0.25) is 9.69 Å². The van der Waals surface area contributed by atoms with Crippen molar-refractivity contribution in [3.8, 4) is 0 Å². The first kappa shape index (κ1) is 16.7. The van der Waals surface area contributed by atoms with Crippen molar-refractivity contribution in [2.75, 3.05) is 12.3 Å². The standard InChI is InChI=1S/C19H19FN2OS/c1-14-7-2-5-10-17(14)21-19-22(11-6-12-24-19)18(23)13-15-8-3-4-9-16(15)20/h2-5,7-10H,6,11-13H2,1H3. The van der Waals surface area contributed by atoms with Crippen molar-refractivity contribution < 1.29 is 9.18 Å². The Morgan fingerprint density at radius 3 is 2.75 bits per heavy atom. The first-order valence-corrected chi connectivity index (χ1v) is 8.94. The molecule has 0 saturated carbocycles. The minimum absolute atomic E-state index is 0.0556. The van der Waals surface area contributed by atoms with E-state index in [4.69, 9.17) is 0 Å². The second-order valence-corrected chi connectivity index (χ2v) is 6.76. The third kappa shape index (κ3) is 3.85. The van der Waals surface area contributed by atoms with Crippen molar-refractivity contribution in [2.24, 2.45) is 4.99 Å². The number of rotatable bonds is 3. The van der Waals surface area contributed by atoms with E-state index in [1.807, 2.05) is 31.2 Å². The molecule has 2 aromatic rings. The lowest BCUT2D eigenvalue weighted by molar-refractivity contribution is -0.126. The van der Waals surface area contributed by atoms with E-state index >= 15 is 0 Å². The lowest BCUT2D eigenvalue weighted by atomic mass is 10.1. The zero-order valence-corrected chi connectivity index (χ0v) is 14.4. The number of amides is 1. The van der Waals surface area contributed by atoms with Crippen LogP contribution in [0.25, 0.3) is 0 Å². The van der Waals surface area contributed by atoms with Crippen molar-refractivity contribution in [2.45, 2.75) is 19.8 Å². The molecule has 0 aliphatic carbocycles. The summed E-state index contributed by atoms with van der Waals surface area (Å²) in [6.07, 6.45) is 0.973. The molecule has 0 aromatic heterocycles. The summed E-state index contributed by atoms with van der Waals surface area (Å²) in [7, 11) is 0. The maximum absolute atomic E-state index is 13.8. The summed E-state index contributed by atoms with van der Waals surface area (Å²) in [4.78, 5) is 19.0. The quantitative estimate of drug-likeness (QED) is 0.832. The van der Waals surface area contributed by atoms with Gasteiger partial charge in [-0.1, -0.05) is 48.2 Å². The van der Waals surface area contributed by atoms with Gasteiger partial charge in [0.25, 0.3) is 0 Å². The van der Waals surface area contributed by atoms with Gasteiger partial charge in [-0.2, -0.15) is 0 Å². The zero-order chi connectivity index (χ0) is 16.9. The smallest absolute Gasteiger partial charge is 0.233 e. The fraction of sp³-hybridized carbons (Fsp3) is 0.263. The third-order valence-corrected chi connectivity index (χ3v) is 4.98. The summed E-state index contributed by atoms with van der Waals surface area (Å²) >= 11 is 1.58. The van der Waals surface area contributed by atoms with Gasteiger partial charge in [0.1, 0.15) is 5.82 Å². The maximum Gasteiger partial charge on any atom is 0.233 e. The Hall–Kier alpha value is -2.14. The average Bonchev–Trinajstić information content (AvgIpc) is 2.59. The van der Waals surface area contributed by atoms with Gasteiger partial charge in [0.05, 0.1) is 12.1 Å². The van der Waals surface area contributed by atoms with Gasteiger partial charge in [0, 0.05) is 12.3 Å². The fourth-order valence-corrected chi connectivity index (χ4v) is 3.54. The van der Waals surface area contributed by atoms with Crippen LogP contribution in [0.4, 0.5) is 10.1 Å². The van der Waals surface area contributed by atoms with Crippen LogP contribution in [0.2, 0.25) is 0 Å². The fourth-order valence-electron chi connectivity index (χ4n) is 2.58. The van der Waals surface area contributed by atoms with Crippen molar-refractivity contribution >= 4 is 28.5 Å². The number of hydrogen-bond donors (Lipinski definition) is 0. The number of nitrogens with zero attached hydrogens (tertiary/aromatic N) is 2. The Morgan fingerprint density at radius 2 is 1.96 bits per heavy atom. The largest absolute Gasteiger partial charge is 0.291 e. The molecule has 1 amide bonds. The highest BCUT2D eigenvalue weighted by atomic mass is 32.2. The van der Waals surface area contributed by atoms with Crippen LogP contribution in [-0.4, -0.2) is 28.3 Å². The van der Waals surface area contributed by atoms with Crippen LogP contribution in [0.15, 0.2) is 53.5 Å². The molecule has 1 aliphatic rings. The molecule has 5 heteroatoms. The van der Waals surface area contributed by atoms with Crippen LogP contribution in [0, 0.1) is 12.7 Å². The summed E-state index contributed by atoms with van der Waals surface area (Å²) in [5.41, 5.74) is 2.36. The predicted octanol–water partition coefficient (Wildman–Crippen LogP) is 4.33. The lowest BCUT2D eigenvalue weighted by Gasteiger charge is -2.28. The Morgan fingerprint density at radius 1 is 1.21 bits per heavy atom. The van der Waals surface area contributed by atoms with Crippen molar-refractivity contribution in [1.29, 1.82) is 0 Å². The van der Waals surface area contributed by atoms with Crippen LogP contribution < -0.4 is 0 Å². The van der Waals surface area contributed by atoms with E-state index in [1.54, 1.807) is 34.9 Å². The highest BCUT2D eigenvalue weighted by molar-refractivity contribution is 8.13. The summed E-state index contributed by atoms with van der Waals surface area (Å²) in [6, 6.07) is 14.3. The van der Waals surface area contributed by atoms with E-state index in [2.05, 4.69) is 4.99 Å². The van der Waals surface area contributed by atoms with Crippen molar-refractivity contribution in [3.63, 3.8) is 0 Å². The van der Waals surface area contributed by atoms with Crippen LogP contribution in [0.1, 0.15) is 17.5 Å². The number of thioether (sulfide) groups is 1. The van der Waals surface area contributed by atoms with Crippen molar-refractivity contribution in [1.82, 2.24) is 4.90 Å². The number of amidine groups is 1. The number of para-hydroxylation sites is 1. The summed E-state index contributed by atoms with van der Waals surface area (Å²) in [5.74, 6) is 0.487. The highest BCUT2D eigenvalue weighted by Crippen LogP contribution is 2.25. The molecule has 3 rings (SSSR count). The third-order valence-electron chi connectivity index (χ3n) is 3.92. The number of halogens is 1. The maximum atomic E-state index is 13.8. The molecule has 124 valence electrons. The molecule has 0 radical (unpaired) electrons. The van der Waals surface area contributed by atoms with Gasteiger partial charge in [-0.25, -0.2) is 9.38 Å². The monoisotopic (exact) mass is 342 g/mol. The second-order valence-electron chi connectivity index (χ2n) is 5.70. The number of aliphatic imine (C=N–C) groups is 1. The number of aryl methyl sites for hydroxylation is 1. The van der Waals surface area contributed by atoms with Gasteiger partial charge < -0.3 is 0 Å². The molecule has 3 nitrogen and oxygen atoms in total. The molecule has 1 aliphatic heterocycles. The zero-order valence-electron chi connectivity index (χ0n) is 13.5. The second kappa shape index (κ2) is 7.62. The van der Waals surface area contributed by atoms with Gasteiger partial charge in [0.15, 0.2) is 5.17 Å². The molecule has 0 atom stereocenters. The molecule has 24 heavy (non-hydrogen) atoms. The van der Waals surface area contributed by atoms with E-state index in [1.165, 1.54) is 6.07 Å². The minimum atomic E-state index is -0.340. The Kier molecular flexibility index (Phi) is 5.30. The summed E-state index contributed by atoms with van der Waals surface area (Å²) in [6.45, 7) is 2.63. The summed E-state index contributed by atoms with van der Waals surface area (Å²) < 4.78 is 13.8. The van der Waals surface area contributed by atoms with Gasteiger partial charge >= 0.3 is 0 Å². The van der Waals surface area contributed by atoms with Crippen LogP contribution in [0.3, 0.4) is 0 Å². The molecule has 1 saturated heterocycles. The van der Waals surface area contributed by atoms with E-state index < -0.39 is 0 Å². The normalized spacial score (nSPS) is 16.4. The molecular weight excluding hydrogens is 323 g/mol. The molecule has 0 unspecified atom stereocenters. The molecule has 1 fully saturated rings. The van der Waals surface area contributed by atoms with E-state index in [-0.39, 0.29) is 18.1 Å². The predicted molar refractivity (Wildman–Crippen MR) is 97.2 cm³/mol. The molecule has 2 aromatic carbocycles. The lowest BCUT2D eigenvalue weighted by Crippen LogP contribution is -2.40. The Labute approximate surface area is 145 Å². The van der Waals surface area contributed by atoms with Crippen LogP contribution in [-0.2, 0) is 11.2 Å². The number of carbonyl (C=O) groups is 1. The number of carbonyl (C=O) groups excluding carboxylic acids is 1. The molecule has 0 N–H and O–H groups in total. The molecule has 0 spiro atoms. The molecule has 0 bridgehead atoms. The van der Waals surface area contributed by atoms with Gasteiger partial charge in [0.2, 0.25) is 5.91 Å². The summed E-state index contributed by atoms with van der Waals surface area (Å²) in [5, 5.41) is 0.705. The first-order valence-electron chi connectivity index (χ1n) is 7.96. The van der Waals surface area contributed by atoms with Crippen LogP contribution >= 0.6 is 11.8 Å². The number of benzene rings is 2. The topological polar surface area (TPSA) is 32.7 Å². The van der Waals surface area contributed by atoms with E-state index in [0.29, 0.717) is 17.3 Å². The molecule has 1 heterocycles. The first-order chi connectivity index (χ1) is 11.6. The SMILES string of the molecule is Cc1ccccc1N=C1SCCCN1C(=O)Cc1ccccc1F.